The first-order chi connectivity index (χ1) is 14.0. The molecule has 0 amide bonds. The summed E-state index contributed by atoms with van der Waals surface area (Å²) in [6.45, 7) is 14.5. The van der Waals surface area contributed by atoms with Gasteiger partial charge in [-0.05, 0) is 37.1 Å². The van der Waals surface area contributed by atoms with Crippen molar-refractivity contribution in [3.05, 3.63) is 65.7 Å². The SMILES string of the molecule is CC(C)OC(=O)[C@](O[SiH3])(C(C)(C)C)C(C)(C)c1ccc(OCc2ccccc2)cc1. The lowest BCUT2D eigenvalue weighted by Crippen LogP contribution is -2.64. The highest BCUT2D eigenvalue weighted by atomic mass is 28.2. The van der Waals surface area contributed by atoms with Gasteiger partial charge in [0.05, 0.1) is 6.10 Å². The number of benzene rings is 2. The predicted molar refractivity (Wildman–Crippen MR) is 125 cm³/mol. The molecule has 0 fully saturated rings. The molecule has 0 saturated carbocycles. The maximum Gasteiger partial charge on any atom is 0.338 e. The topological polar surface area (TPSA) is 44.8 Å². The van der Waals surface area contributed by atoms with Gasteiger partial charge in [-0.1, -0.05) is 77.1 Å². The highest BCUT2D eigenvalue weighted by Crippen LogP contribution is 2.49. The Morgan fingerprint density at radius 3 is 1.97 bits per heavy atom. The molecule has 0 spiro atoms. The highest BCUT2D eigenvalue weighted by Gasteiger charge is 2.60. The second-order valence-corrected chi connectivity index (χ2v) is 9.92. The molecule has 5 heteroatoms. The van der Waals surface area contributed by atoms with Crippen molar-refractivity contribution in [1.29, 1.82) is 0 Å². The van der Waals surface area contributed by atoms with Crippen molar-refractivity contribution < 1.29 is 18.7 Å². The summed E-state index contributed by atoms with van der Waals surface area (Å²) in [5.74, 6) is 0.478. The van der Waals surface area contributed by atoms with Crippen LogP contribution in [0.2, 0.25) is 0 Å². The third kappa shape index (κ3) is 4.78. The Bertz CT molecular complexity index is 822. The Labute approximate surface area is 184 Å². The van der Waals surface area contributed by atoms with Crippen molar-refractivity contribution in [2.75, 3.05) is 0 Å². The van der Waals surface area contributed by atoms with E-state index in [1.807, 2.05) is 89.2 Å². The molecule has 0 bridgehead atoms. The molecule has 1 atom stereocenters. The molecular formula is C25H36O4Si. The van der Waals surface area contributed by atoms with Crippen LogP contribution in [0.15, 0.2) is 54.6 Å². The molecule has 30 heavy (non-hydrogen) atoms. The molecule has 0 saturated heterocycles. The van der Waals surface area contributed by atoms with E-state index in [0.717, 1.165) is 16.9 Å². The van der Waals surface area contributed by atoms with Gasteiger partial charge < -0.3 is 13.9 Å². The van der Waals surface area contributed by atoms with Gasteiger partial charge in [0.25, 0.3) is 0 Å². The fourth-order valence-electron chi connectivity index (χ4n) is 4.35. The molecule has 164 valence electrons. The molecule has 0 unspecified atom stereocenters. The maximum atomic E-state index is 13.3. The van der Waals surface area contributed by atoms with E-state index in [4.69, 9.17) is 13.9 Å². The number of rotatable bonds is 8. The van der Waals surface area contributed by atoms with Crippen molar-refractivity contribution >= 4 is 16.5 Å². The van der Waals surface area contributed by atoms with E-state index in [9.17, 15) is 4.79 Å². The van der Waals surface area contributed by atoms with Crippen LogP contribution in [0.3, 0.4) is 0 Å². The Morgan fingerprint density at radius 2 is 1.50 bits per heavy atom. The van der Waals surface area contributed by atoms with E-state index < -0.39 is 16.4 Å². The summed E-state index contributed by atoms with van der Waals surface area (Å²) in [5.41, 5.74) is -0.0671. The zero-order valence-corrected chi connectivity index (χ0v) is 21.6. The molecule has 2 aromatic carbocycles. The second-order valence-electron chi connectivity index (χ2n) is 9.51. The van der Waals surface area contributed by atoms with Gasteiger partial charge in [-0.2, -0.15) is 0 Å². The van der Waals surface area contributed by atoms with Crippen LogP contribution in [0, 0.1) is 5.41 Å². The van der Waals surface area contributed by atoms with E-state index in [2.05, 4.69) is 13.8 Å². The summed E-state index contributed by atoms with van der Waals surface area (Å²) >= 11 is 0. The first-order valence-electron chi connectivity index (χ1n) is 10.5. The Balaban J connectivity index is 2.34. The summed E-state index contributed by atoms with van der Waals surface area (Å²) < 4.78 is 17.8. The molecule has 2 rings (SSSR count). The Hall–Kier alpha value is -2.11. The average molecular weight is 429 g/mol. The summed E-state index contributed by atoms with van der Waals surface area (Å²) in [4.78, 5) is 13.3. The third-order valence-corrected chi connectivity index (χ3v) is 6.31. The van der Waals surface area contributed by atoms with Crippen molar-refractivity contribution in [1.82, 2.24) is 0 Å². The van der Waals surface area contributed by atoms with Crippen LogP contribution in [0.4, 0.5) is 0 Å². The summed E-state index contributed by atoms with van der Waals surface area (Å²) in [7, 11) is 0.417. The van der Waals surface area contributed by atoms with E-state index in [-0.39, 0.29) is 12.1 Å². The lowest BCUT2D eigenvalue weighted by Gasteiger charge is -2.52. The van der Waals surface area contributed by atoms with E-state index in [1.165, 1.54) is 0 Å². The number of carbonyl (C=O) groups is 1. The maximum absolute atomic E-state index is 13.3. The van der Waals surface area contributed by atoms with Crippen molar-refractivity contribution in [3.63, 3.8) is 0 Å². The lowest BCUT2D eigenvalue weighted by atomic mass is 9.59. The minimum absolute atomic E-state index is 0.208. The largest absolute Gasteiger partial charge is 0.489 e. The van der Waals surface area contributed by atoms with Crippen molar-refractivity contribution in [2.45, 2.75) is 72.2 Å². The van der Waals surface area contributed by atoms with Crippen LogP contribution < -0.4 is 4.74 Å². The van der Waals surface area contributed by atoms with E-state index in [1.54, 1.807) is 0 Å². The normalized spacial score (nSPS) is 14.4. The van der Waals surface area contributed by atoms with Crippen LogP contribution >= 0.6 is 0 Å². The first kappa shape index (κ1) is 24.2. The summed E-state index contributed by atoms with van der Waals surface area (Å²) in [6, 6.07) is 18.0. The van der Waals surface area contributed by atoms with Crippen LogP contribution in [-0.2, 0) is 26.0 Å². The molecule has 0 heterocycles. The molecular weight excluding hydrogens is 392 g/mol. The van der Waals surface area contributed by atoms with Gasteiger partial charge in [-0.3, -0.25) is 0 Å². The first-order valence-corrected chi connectivity index (χ1v) is 11.3. The van der Waals surface area contributed by atoms with Gasteiger partial charge in [0.2, 0.25) is 0 Å². The van der Waals surface area contributed by atoms with Crippen LogP contribution in [0.5, 0.6) is 5.75 Å². The molecule has 0 aliphatic carbocycles. The minimum Gasteiger partial charge on any atom is -0.489 e. The zero-order chi connectivity index (χ0) is 22.6. The number of hydrogen-bond acceptors (Lipinski definition) is 4. The predicted octanol–water partition coefficient (Wildman–Crippen LogP) is 4.58. The fraction of sp³-hybridized carbons (Fsp3) is 0.480. The van der Waals surface area contributed by atoms with Crippen LogP contribution in [0.25, 0.3) is 0 Å². The van der Waals surface area contributed by atoms with Gasteiger partial charge in [-0.25, -0.2) is 4.79 Å². The van der Waals surface area contributed by atoms with E-state index >= 15 is 0 Å². The molecule has 0 aliphatic heterocycles. The van der Waals surface area contributed by atoms with Crippen molar-refractivity contribution in [2.24, 2.45) is 5.41 Å². The minimum atomic E-state index is -1.11. The molecule has 2 aromatic rings. The van der Waals surface area contributed by atoms with Crippen molar-refractivity contribution in [3.8, 4) is 5.75 Å². The third-order valence-electron chi connectivity index (χ3n) is 5.70. The van der Waals surface area contributed by atoms with Crippen LogP contribution in [0.1, 0.15) is 59.6 Å². The Morgan fingerprint density at radius 1 is 0.933 bits per heavy atom. The number of esters is 1. The molecule has 0 N–H and O–H groups in total. The molecule has 0 aromatic heterocycles. The molecule has 0 aliphatic rings. The second kappa shape index (κ2) is 9.35. The highest BCUT2D eigenvalue weighted by molar-refractivity contribution is 6.01. The van der Waals surface area contributed by atoms with Gasteiger partial charge >= 0.3 is 5.97 Å². The number of ether oxygens (including phenoxy) is 2. The zero-order valence-electron chi connectivity index (χ0n) is 19.6. The summed E-state index contributed by atoms with van der Waals surface area (Å²) in [6.07, 6.45) is -0.208. The standard InChI is InChI=1S/C25H36O4Si/c1-18(2)28-22(26)25(29-30,23(3,4)5)24(6,7)20-13-15-21(16-14-20)27-17-19-11-9-8-10-12-19/h8-16,18H,17H2,1-7,30H3/t25-/m0/s1. The van der Waals surface area contributed by atoms with Gasteiger partial charge in [0, 0.05) is 10.8 Å². The molecule has 0 radical (unpaired) electrons. The number of hydrogen-bond donors (Lipinski definition) is 0. The van der Waals surface area contributed by atoms with Crippen LogP contribution in [-0.4, -0.2) is 28.2 Å². The van der Waals surface area contributed by atoms with Gasteiger partial charge in [-0.15, -0.1) is 0 Å². The van der Waals surface area contributed by atoms with Gasteiger partial charge in [0.1, 0.15) is 22.8 Å². The van der Waals surface area contributed by atoms with Gasteiger partial charge in [0.15, 0.2) is 5.60 Å². The smallest absolute Gasteiger partial charge is 0.338 e. The quantitative estimate of drug-likeness (QED) is 0.456. The monoisotopic (exact) mass is 428 g/mol. The van der Waals surface area contributed by atoms with E-state index in [0.29, 0.717) is 17.1 Å². The Kier molecular flexibility index (Phi) is 7.53. The average Bonchev–Trinajstić information content (AvgIpc) is 2.66. The summed E-state index contributed by atoms with van der Waals surface area (Å²) in [5, 5.41) is 0. The fourth-order valence-corrected chi connectivity index (χ4v) is 5.64. The molecule has 4 nitrogen and oxygen atoms in total. The lowest BCUT2D eigenvalue weighted by molar-refractivity contribution is -0.187. The number of carbonyl (C=O) groups excluding carboxylic acids is 1.